The molecule has 1 amide bonds. The Labute approximate surface area is 144 Å². The van der Waals surface area contributed by atoms with Gasteiger partial charge in [-0.3, -0.25) is 4.79 Å². The number of sulfonamides is 1. The van der Waals surface area contributed by atoms with Gasteiger partial charge in [-0.25, -0.2) is 8.42 Å². The molecule has 0 unspecified atom stereocenters. The van der Waals surface area contributed by atoms with E-state index in [1.165, 1.54) is 34.3 Å². The van der Waals surface area contributed by atoms with Crippen molar-refractivity contribution < 1.29 is 13.2 Å². The van der Waals surface area contributed by atoms with E-state index in [0.29, 0.717) is 23.9 Å². The molecule has 0 atom stereocenters. The number of nitrogens with zero attached hydrogens (tertiary/aromatic N) is 2. The Bertz CT molecular complexity index is 659. The first-order valence-electron chi connectivity index (χ1n) is 6.58. The SMILES string of the molecule is CSCC(=O)N1CCN(S(=O)(=O)c2ccc(Cl)c(Cl)c2)CC1. The van der Waals surface area contributed by atoms with Crippen LogP contribution in [0.25, 0.3) is 0 Å². The van der Waals surface area contributed by atoms with E-state index in [4.69, 9.17) is 23.2 Å². The van der Waals surface area contributed by atoms with Gasteiger partial charge in [0.1, 0.15) is 0 Å². The van der Waals surface area contributed by atoms with Crippen molar-refractivity contribution in [2.45, 2.75) is 4.90 Å². The van der Waals surface area contributed by atoms with E-state index in [9.17, 15) is 13.2 Å². The largest absolute Gasteiger partial charge is 0.339 e. The molecule has 0 aliphatic carbocycles. The smallest absolute Gasteiger partial charge is 0.243 e. The first-order valence-corrected chi connectivity index (χ1v) is 10.2. The topological polar surface area (TPSA) is 57.7 Å². The van der Waals surface area contributed by atoms with Gasteiger partial charge in [-0.1, -0.05) is 23.2 Å². The highest BCUT2D eigenvalue weighted by Gasteiger charge is 2.30. The van der Waals surface area contributed by atoms with Crippen molar-refractivity contribution in [3.8, 4) is 0 Å². The van der Waals surface area contributed by atoms with E-state index in [0.717, 1.165) is 0 Å². The molecule has 0 bridgehead atoms. The highest BCUT2D eigenvalue weighted by molar-refractivity contribution is 7.99. The molecule has 9 heteroatoms. The van der Waals surface area contributed by atoms with Gasteiger partial charge in [0.15, 0.2) is 0 Å². The molecule has 0 aromatic heterocycles. The van der Waals surface area contributed by atoms with E-state index in [-0.39, 0.29) is 28.9 Å². The van der Waals surface area contributed by atoms with Gasteiger partial charge in [0.25, 0.3) is 0 Å². The summed E-state index contributed by atoms with van der Waals surface area (Å²) in [5, 5.41) is 0.518. The Morgan fingerprint density at radius 3 is 2.36 bits per heavy atom. The molecule has 1 fully saturated rings. The fourth-order valence-corrected chi connectivity index (χ4v) is 4.42. The lowest BCUT2D eigenvalue weighted by atomic mass is 10.3. The molecule has 22 heavy (non-hydrogen) atoms. The lowest BCUT2D eigenvalue weighted by molar-refractivity contribution is -0.129. The summed E-state index contributed by atoms with van der Waals surface area (Å²) in [5.41, 5.74) is 0. The molecule has 122 valence electrons. The Balaban J connectivity index is 2.09. The summed E-state index contributed by atoms with van der Waals surface area (Å²) in [7, 11) is -3.62. The van der Waals surface area contributed by atoms with E-state index in [1.807, 2.05) is 6.26 Å². The lowest BCUT2D eigenvalue weighted by Gasteiger charge is -2.34. The molecular formula is C13H16Cl2N2O3S2. The molecule has 5 nitrogen and oxygen atoms in total. The Morgan fingerprint density at radius 1 is 1.18 bits per heavy atom. The zero-order valence-electron chi connectivity index (χ0n) is 12.0. The number of rotatable bonds is 4. The van der Waals surface area contributed by atoms with Crippen LogP contribution in [-0.4, -0.2) is 61.7 Å². The minimum absolute atomic E-state index is 0.0408. The maximum atomic E-state index is 12.6. The second kappa shape index (κ2) is 7.40. The lowest BCUT2D eigenvalue weighted by Crippen LogP contribution is -2.50. The fraction of sp³-hybridized carbons (Fsp3) is 0.462. The summed E-state index contributed by atoms with van der Waals surface area (Å²) in [6, 6.07) is 4.26. The summed E-state index contributed by atoms with van der Waals surface area (Å²) in [5.74, 6) is 0.457. The minimum Gasteiger partial charge on any atom is -0.339 e. The van der Waals surface area contributed by atoms with Gasteiger partial charge in [-0.15, -0.1) is 0 Å². The maximum absolute atomic E-state index is 12.6. The molecule has 1 aliphatic rings. The molecule has 0 spiro atoms. The van der Waals surface area contributed by atoms with Crippen LogP contribution in [0.15, 0.2) is 23.1 Å². The van der Waals surface area contributed by atoms with Crippen LogP contribution >= 0.6 is 35.0 Å². The van der Waals surface area contributed by atoms with Crippen LogP contribution in [0.3, 0.4) is 0 Å². The molecule has 1 aromatic rings. The van der Waals surface area contributed by atoms with Crippen LogP contribution < -0.4 is 0 Å². The second-order valence-electron chi connectivity index (χ2n) is 4.79. The molecule has 1 aliphatic heterocycles. The van der Waals surface area contributed by atoms with E-state index in [1.54, 1.807) is 4.90 Å². The molecule has 2 rings (SSSR count). The monoisotopic (exact) mass is 382 g/mol. The van der Waals surface area contributed by atoms with Crippen LogP contribution in [0.1, 0.15) is 0 Å². The number of carbonyl (C=O) groups excluding carboxylic acids is 1. The van der Waals surface area contributed by atoms with Crippen LogP contribution in [0.2, 0.25) is 10.0 Å². The second-order valence-corrected chi connectivity index (χ2v) is 8.41. The van der Waals surface area contributed by atoms with Gasteiger partial charge < -0.3 is 4.90 Å². The predicted octanol–water partition coefficient (Wildman–Crippen LogP) is 2.19. The Hall–Kier alpha value is -0.470. The van der Waals surface area contributed by atoms with Gasteiger partial charge >= 0.3 is 0 Å². The van der Waals surface area contributed by atoms with E-state index >= 15 is 0 Å². The van der Waals surface area contributed by atoms with Crippen molar-refractivity contribution in [2.75, 3.05) is 38.2 Å². The molecule has 1 aromatic carbocycles. The first-order chi connectivity index (χ1) is 10.4. The van der Waals surface area contributed by atoms with Crippen molar-refractivity contribution in [3.63, 3.8) is 0 Å². The molecule has 1 saturated heterocycles. The van der Waals surface area contributed by atoms with Crippen molar-refractivity contribution in [3.05, 3.63) is 28.2 Å². The third kappa shape index (κ3) is 3.89. The number of halogens is 2. The molecule has 0 saturated carbocycles. The quantitative estimate of drug-likeness (QED) is 0.800. The van der Waals surface area contributed by atoms with Gasteiger partial charge in [0.2, 0.25) is 15.9 Å². The third-order valence-corrected chi connectivity index (χ3v) is 6.56. The predicted molar refractivity (Wildman–Crippen MR) is 90.2 cm³/mol. The van der Waals surface area contributed by atoms with Gasteiger partial charge in [0, 0.05) is 26.2 Å². The number of thioether (sulfide) groups is 1. The van der Waals surface area contributed by atoms with Gasteiger partial charge in [0.05, 0.1) is 20.7 Å². The van der Waals surface area contributed by atoms with Gasteiger partial charge in [-0.2, -0.15) is 16.1 Å². The van der Waals surface area contributed by atoms with Crippen molar-refractivity contribution in [1.29, 1.82) is 0 Å². The number of hydrogen-bond acceptors (Lipinski definition) is 4. The maximum Gasteiger partial charge on any atom is 0.243 e. The van der Waals surface area contributed by atoms with E-state index in [2.05, 4.69) is 0 Å². The molecule has 0 N–H and O–H groups in total. The standard InChI is InChI=1S/C13H16Cl2N2O3S2/c1-21-9-13(18)16-4-6-17(7-5-16)22(19,20)10-2-3-11(14)12(15)8-10/h2-3,8H,4-7,9H2,1H3. The third-order valence-electron chi connectivity index (χ3n) is 3.39. The molecular weight excluding hydrogens is 367 g/mol. The molecule has 0 radical (unpaired) electrons. The van der Waals surface area contributed by atoms with E-state index < -0.39 is 10.0 Å². The summed E-state index contributed by atoms with van der Waals surface area (Å²) in [6.07, 6.45) is 1.86. The molecule has 1 heterocycles. The van der Waals surface area contributed by atoms with Crippen molar-refractivity contribution in [2.24, 2.45) is 0 Å². The number of amides is 1. The summed E-state index contributed by atoms with van der Waals surface area (Å²) < 4.78 is 26.5. The number of benzene rings is 1. The highest BCUT2D eigenvalue weighted by atomic mass is 35.5. The zero-order valence-corrected chi connectivity index (χ0v) is 15.1. The average molecular weight is 383 g/mol. The number of piperazine rings is 1. The van der Waals surface area contributed by atoms with Crippen molar-refractivity contribution in [1.82, 2.24) is 9.21 Å². The van der Waals surface area contributed by atoms with Crippen molar-refractivity contribution >= 4 is 50.9 Å². The van der Waals surface area contributed by atoms with Crippen LogP contribution in [0, 0.1) is 0 Å². The summed E-state index contributed by atoms with van der Waals surface area (Å²) in [6.45, 7) is 1.37. The van der Waals surface area contributed by atoms with Crippen LogP contribution in [-0.2, 0) is 14.8 Å². The highest BCUT2D eigenvalue weighted by Crippen LogP contribution is 2.27. The van der Waals surface area contributed by atoms with Crippen LogP contribution in [0.5, 0.6) is 0 Å². The van der Waals surface area contributed by atoms with Gasteiger partial charge in [-0.05, 0) is 24.5 Å². The number of hydrogen-bond donors (Lipinski definition) is 0. The Kier molecular flexibility index (Phi) is 6.01. The Morgan fingerprint density at radius 2 is 1.82 bits per heavy atom. The zero-order chi connectivity index (χ0) is 16.3. The number of carbonyl (C=O) groups is 1. The van der Waals surface area contributed by atoms with Crippen LogP contribution in [0.4, 0.5) is 0 Å². The average Bonchev–Trinajstić information content (AvgIpc) is 2.50. The normalized spacial score (nSPS) is 16.8. The summed E-state index contributed by atoms with van der Waals surface area (Å²) >= 11 is 13.2. The fourth-order valence-electron chi connectivity index (χ4n) is 2.18. The summed E-state index contributed by atoms with van der Waals surface area (Å²) in [4.78, 5) is 13.6. The minimum atomic E-state index is -3.62. The first kappa shape index (κ1) is 17.9.